The van der Waals surface area contributed by atoms with Crippen LogP contribution in [0.15, 0.2) is 87.0 Å². The van der Waals surface area contributed by atoms with Gasteiger partial charge in [-0.3, -0.25) is 4.79 Å². The topological polar surface area (TPSA) is 134 Å². The van der Waals surface area contributed by atoms with Crippen LogP contribution in [0, 0.1) is 0 Å². The van der Waals surface area contributed by atoms with E-state index >= 15 is 0 Å². The monoisotopic (exact) mass is 567 g/mol. The fourth-order valence-corrected chi connectivity index (χ4v) is 6.36. The number of para-hydroxylation sites is 1. The van der Waals surface area contributed by atoms with Crippen molar-refractivity contribution in [3.8, 4) is 17.1 Å². The summed E-state index contributed by atoms with van der Waals surface area (Å²) in [7, 11) is -8.87. The standard InChI is InChI=1S/C25H20F3NO7S2/c26-25(27,28)11-12-35-21-13-16(9-10-18(21)22-14-17-5-1-2-6-20(17)36-22)19(30)15-37(31,32)23-7-3-4-8-24(23)38(29,33)34/h1-10,13-14H,11-12,15H2,(H2,29,33,34). The normalized spacial score (nSPS) is 12.5. The number of primary sulfonamides is 1. The Morgan fingerprint density at radius 2 is 1.55 bits per heavy atom. The van der Waals surface area contributed by atoms with E-state index in [-0.39, 0.29) is 22.6 Å². The molecule has 8 nitrogen and oxygen atoms in total. The Kier molecular flexibility index (Phi) is 7.37. The summed E-state index contributed by atoms with van der Waals surface area (Å²) >= 11 is 0. The van der Waals surface area contributed by atoms with E-state index in [0.717, 1.165) is 23.6 Å². The maximum atomic E-state index is 12.9. The lowest BCUT2D eigenvalue weighted by atomic mass is 10.1. The largest absolute Gasteiger partial charge is 0.492 e. The van der Waals surface area contributed by atoms with E-state index in [1.807, 2.05) is 0 Å². The molecule has 1 heterocycles. The predicted molar refractivity (Wildman–Crippen MR) is 132 cm³/mol. The van der Waals surface area contributed by atoms with Crippen molar-refractivity contribution in [2.75, 3.05) is 12.4 Å². The Labute approximate surface area is 215 Å². The predicted octanol–water partition coefficient (Wildman–Crippen LogP) is 4.74. The van der Waals surface area contributed by atoms with Crippen molar-refractivity contribution in [3.05, 3.63) is 78.4 Å². The van der Waals surface area contributed by atoms with Gasteiger partial charge in [0.15, 0.2) is 15.6 Å². The SMILES string of the molecule is NS(=O)(=O)c1ccccc1S(=O)(=O)CC(=O)c1ccc(-c2cc3ccccc3o2)c(OCCC(F)(F)F)c1. The Morgan fingerprint density at radius 3 is 2.21 bits per heavy atom. The quantitative estimate of drug-likeness (QED) is 0.289. The summed E-state index contributed by atoms with van der Waals surface area (Å²) in [5.74, 6) is -1.92. The van der Waals surface area contributed by atoms with Crippen LogP contribution in [0.2, 0.25) is 0 Å². The van der Waals surface area contributed by atoms with Crippen molar-refractivity contribution in [3.63, 3.8) is 0 Å². The summed E-state index contributed by atoms with van der Waals surface area (Å²) in [6, 6.07) is 17.0. The number of nitrogens with two attached hydrogens (primary N) is 1. The van der Waals surface area contributed by atoms with Crippen molar-refractivity contribution < 1.29 is 44.0 Å². The van der Waals surface area contributed by atoms with Crippen LogP contribution in [0.4, 0.5) is 13.2 Å². The number of alkyl halides is 3. The molecule has 0 amide bonds. The summed E-state index contributed by atoms with van der Waals surface area (Å²) in [6.07, 6.45) is -5.75. The second kappa shape index (κ2) is 10.2. The van der Waals surface area contributed by atoms with E-state index in [1.54, 1.807) is 30.3 Å². The summed E-state index contributed by atoms with van der Waals surface area (Å²) in [5, 5.41) is 5.84. The number of fused-ring (bicyclic) bond motifs is 1. The van der Waals surface area contributed by atoms with Gasteiger partial charge >= 0.3 is 6.18 Å². The molecule has 200 valence electrons. The molecule has 0 aliphatic heterocycles. The Bertz CT molecular complexity index is 1690. The van der Waals surface area contributed by atoms with Crippen LogP contribution in [0.25, 0.3) is 22.3 Å². The molecule has 0 aliphatic carbocycles. The van der Waals surface area contributed by atoms with Gasteiger partial charge in [0.05, 0.1) is 23.5 Å². The van der Waals surface area contributed by atoms with Crippen LogP contribution in [0.5, 0.6) is 5.75 Å². The zero-order valence-electron chi connectivity index (χ0n) is 19.4. The zero-order chi connectivity index (χ0) is 27.7. The van der Waals surface area contributed by atoms with Crippen molar-refractivity contribution in [2.45, 2.75) is 22.4 Å². The lowest BCUT2D eigenvalue weighted by Gasteiger charge is -2.13. The van der Waals surface area contributed by atoms with Crippen molar-refractivity contribution in [1.82, 2.24) is 0 Å². The molecule has 0 spiro atoms. The molecule has 0 radical (unpaired) electrons. The minimum Gasteiger partial charge on any atom is -0.492 e. The number of sulfonamides is 1. The van der Waals surface area contributed by atoms with Gasteiger partial charge in [0.25, 0.3) is 0 Å². The molecular weight excluding hydrogens is 547 g/mol. The molecule has 4 aromatic rings. The first-order valence-electron chi connectivity index (χ1n) is 10.9. The van der Waals surface area contributed by atoms with Gasteiger partial charge in [-0.05, 0) is 36.4 Å². The minimum absolute atomic E-state index is 0.124. The van der Waals surface area contributed by atoms with E-state index in [2.05, 4.69) is 0 Å². The summed E-state index contributed by atoms with van der Waals surface area (Å²) in [4.78, 5) is 11.6. The van der Waals surface area contributed by atoms with E-state index in [9.17, 15) is 34.8 Å². The molecule has 1 aromatic heterocycles. The number of ketones is 1. The van der Waals surface area contributed by atoms with Crippen LogP contribution >= 0.6 is 0 Å². The van der Waals surface area contributed by atoms with Crippen LogP contribution in [0.1, 0.15) is 16.8 Å². The smallest absolute Gasteiger partial charge is 0.392 e. The molecule has 38 heavy (non-hydrogen) atoms. The molecule has 0 atom stereocenters. The van der Waals surface area contributed by atoms with Gasteiger partial charge in [-0.15, -0.1) is 0 Å². The molecule has 2 N–H and O–H groups in total. The zero-order valence-corrected chi connectivity index (χ0v) is 21.1. The van der Waals surface area contributed by atoms with Gasteiger partial charge in [0.2, 0.25) is 10.0 Å². The maximum absolute atomic E-state index is 12.9. The average Bonchev–Trinajstić information content (AvgIpc) is 3.26. The number of Topliss-reactive ketones (excluding diaryl/α,β-unsaturated/α-hetero) is 1. The van der Waals surface area contributed by atoms with E-state index in [4.69, 9.17) is 14.3 Å². The highest BCUT2D eigenvalue weighted by molar-refractivity contribution is 7.94. The van der Waals surface area contributed by atoms with Gasteiger partial charge in [0.1, 0.15) is 27.7 Å². The summed E-state index contributed by atoms with van der Waals surface area (Å²) in [5.41, 5.74) is 0.592. The number of hydrogen-bond acceptors (Lipinski definition) is 7. The first-order valence-corrected chi connectivity index (χ1v) is 14.1. The molecule has 0 bridgehead atoms. The molecular formula is C25H20F3NO7S2. The number of hydrogen-bond donors (Lipinski definition) is 1. The second-order valence-electron chi connectivity index (χ2n) is 8.25. The fourth-order valence-electron chi connectivity index (χ4n) is 3.69. The molecule has 3 aromatic carbocycles. The number of benzene rings is 3. The minimum atomic E-state index is -4.49. The van der Waals surface area contributed by atoms with Gasteiger partial charge in [-0.25, -0.2) is 22.0 Å². The number of halogens is 3. The van der Waals surface area contributed by atoms with Crippen LogP contribution < -0.4 is 9.88 Å². The van der Waals surface area contributed by atoms with Crippen LogP contribution in [0.3, 0.4) is 0 Å². The molecule has 0 aliphatic rings. The Morgan fingerprint density at radius 1 is 0.895 bits per heavy atom. The highest BCUT2D eigenvalue weighted by Crippen LogP contribution is 2.36. The van der Waals surface area contributed by atoms with Crippen LogP contribution in [-0.2, 0) is 19.9 Å². The third-order valence-electron chi connectivity index (χ3n) is 5.45. The lowest BCUT2D eigenvalue weighted by Crippen LogP contribution is -2.21. The molecule has 4 rings (SSSR count). The van der Waals surface area contributed by atoms with Gasteiger partial charge in [-0.1, -0.05) is 36.4 Å². The first kappa shape index (κ1) is 27.4. The molecule has 0 unspecified atom stereocenters. The van der Waals surface area contributed by atoms with E-state index in [1.165, 1.54) is 24.3 Å². The van der Waals surface area contributed by atoms with Gasteiger partial charge < -0.3 is 9.15 Å². The molecule has 0 fully saturated rings. The third-order valence-corrected chi connectivity index (χ3v) is 8.22. The number of carbonyl (C=O) groups is 1. The van der Waals surface area contributed by atoms with Gasteiger partial charge in [-0.2, -0.15) is 13.2 Å². The first-order chi connectivity index (χ1) is 17.7. The highest BCUT2D eigenvalue weighted by atomic mass is 32.2. The average molecular weight is 568 g/mol. The Balaban J connectivity index is 1.69. The van der Waals surface area contributed by atoms with Gasteiger partial charge in [0, 0.05) is 10.9 Å². The third kappa shape index (κ3) is 6.23. The number of sulfone groups is 1. The fraction of sp³-hybridized carbons (Fsp3) is 0.160. The maximum Gasteiger partial charge on any atom is 0.392 e. The summed E-state index contributed by atoms with van der Waals surface area (Å²) in [6.45, 7) is -0.756. The lowest BCUT2D eigenvalue weighted by molar-refractivity contribution is -0.139. The summed E-state index contributed by atoms with van der Waals surface area (Å²) < 4.78 is 98.8. The van der Waals surface area contributed by atoms with E-state index < -0.39 is 60.4 Å². The van der Waals surface area contributed by atoms with Crippen molar-refractivity contribution >= 4 is 36.6 Å². The Hall–Kier alpha value is -3.68. The molecule has 0 saturated carbocycles. The van der Waals surface area contributed by atoms with Crippen LogP contribution in [-0.4, -0.2) is 41.2 Å². The number of ether oxygens (including phenoxy) is 1. The number of rotatable bonds is 9. The number of carbonyl (C=O) groups excluding carboxylic acids is 1. The highest BCUT2D eigenvalue weighted by Gasteiger charge is 2.29. The van der Waals surface area contributed by atoms with Crippen molar-refractivity contribution in [1.29, 1.82) is 0 Å². The molecule has 13 heteroatoms. The van der Waals surface area contributed by atoms with E-state index in [0.29, 0.717) is 5.58 Å². The molecule has 0 saturated heterocycles. The van der Waals surface area contributed by atoms with Crippen molar-refractivity contribution in [2.24, 2.45) is 5.14 Å². The second-order valence-corrected chi connectivity index (χ2v) is 11.7. The number of furan rings is 1.